The molecule has 0 amide bonds. The highest BCUT2D eigenvalue weighted by molar-refractivity contribution is 7.86. The van der Waals surface area contributed by atoms with E-state index < -0.39 is 30.0 Å². The molecule has 3 rings (SSSR count). The summed E-state index contributed by atoms with van der Waals surface area (Å²) in [5.41, 5.74) is 6.91. The average molecular weight is 383 g/mol. The Labute approximate surface area is 143 Å². The molecule has 0 saturated heterocycles. The van der Waals surface area contributed by atoms with Crippen LogP contribution in [0.4, 0.5) is 5.82 Å². The van der Waals surface area contributed by atoms with Crippen LogP contribution in [0, 0.1) is 6.92 Å². The van der Waals surface area contributed by atoms with Crippen molar-refractivity contribution in [1.29, 1.82) is 0 Å². The van der Waals surface area contributed by atoms with Crippen molar-refractivity contribution in [2.45, 2.75) is 16.7 Å². The molecule has 0 unspecified atom stereocenters. The number of nitrogen functional groups attached to an aromatic ring is 1. The summed E-state index contributed by atoms with van der Waals surface area (Å²) in [5, 5.41) is 4.42. The second kappa shape index (κ2) is 5.52. The van der Waals surface area contributed by atoms with Gasteiger partial charge in [0.25, 0.3) is 20.2 Å². The lowest BCUT2D eigenvalue weighted by Crippen LogP contribution is -2.06. The molecule has 0 radical (unpaired) electrons. The number of aromatic nitrogens is 2. The maximum absolute atomic E-state index is 11.7. The van der Waals surface area contributed by atoms with Crippen molar-refractivity contribution >= 4 is 36.8 Å². The van der Waals surface area contributed by atoms with Crippen molar-refractivity contribution in [2.24, 2.45) is 0 Å². The predicted molar refractivity (Wildman–Crippen MR) is 89.8 cm³/mol. The molecule has 25 heavy (non-hydrogen) atoms. The molecule has 0 fully saturated rings. The molecule has 0 saturated carbocycles. The van der Waals surface area contributed by atoms with E-state index in [-0.39, 0.29) is 10.8 Å². The van der Waals surface area contributed by atoms with Gasteiger partial charge in [0.2, 0.25) is 0 Å². The number of hydrogen-bond donors (Lipinski definition) is 3. The van der Waals surface area contributed by atoms with E-state index in [1.165, 1.54) is 16.8 Å². The number of aryl methyl sites for hydroxylation is 1. The molecule has 0 bridgehead atoms. The fourth-order valence-corrected chi connectivity index (χ4v) is 3.85. The van der Waals surface area contributed by atoms with Gasteiger partial charge in [0.15, 0.2) is 0 Å². The zero-order valence-corrected chi connectivity index (χ0v) is 14.4. The molecule has 9 nitrogen and oxygen atoms in total. The molecular formula is C14H13N3O6S2. The lowest BCUT2D eigenvalue weighted by atomic mass is 10.1. The zero-order chi connectivity index (χ0) is 18.6. The van der Waals surface area contributed by atoms with Crippen LogP contribution in [-0.2, 0) is 20.2 Å². The molecule has 0 aliphatic heterocycles. The van der Waals surface area contributed by atoms with Crippen molar-refractivity contribution in [3.63, 3.8) is 0 Å². The normalized spacial score (nSPS) is 12.6. The molecule has 0 aliphatic rings. The number of rotatable bonds is 3. The Bertz CT molecular complexity index is 1210. The number of fused-ring (bicyclic) bond motifs is 1. The molecular weight excluding hydrogens is 370 g/mol. The van der Waals surface area contributed by atoms with Gasteiger partial charge < -0.3 is 5.73 Å². The summed E-state index contributed by atoms with van der Waals surface area (Å²) in [4.78, 5) is -1.29. The quantitative estimate of drug-likeness (QED) is 0.574. The Morgan fingerprint density at radius 2 is 1.68 bits per heavy atom. The zero-order valence-electron chi connectivity index (χ0n) is 12.8. The van der Waals surface area contributed by atoms with Crippen molar-refractivity contribution in [1.82, 2.24) is 9.78 Å². The summed E-state index contributed by atoms with van der Waals surface area (Å²) in [6.07, 6.45) is 0. The van der Waals surface area contributed by atoms with Crippen molar-refractivity contribution < 1.29 is 25.9 Å². The third-order valence-corrected chi connectivity index (χ3v) is 5.28. The first-order chi connectivity index (χ1) is 11.5. The van der Waals surface area contributed by atoms with Crippen LogP contribution in [0.5, 0.6) is 0 Å². The molecule has 132 valence electrons. The second-order valence-corrected chi connectivity index (χ2v) is 8.21. The highest BCUT2D eigenvalue weighted by Crippen LogP contribution is 2.29. The molecule has 3 aromatic rings. The van der Waals surface area contributed by atoms with E-state index in [0.29, 0.717) is 23.3 Å². The highest BCUT2D eigenvalue weighted by Gasteiger charge is 2.21. The first-order valence-electron chi connectivity index (χ1n) is 6.82. The standard InChI is InChI=1S/C14H13N3O6S2/c1-8-4-14(15)17(16-8)10-3-2-9-5-11(24(18,19)20)7-13(12(9)6-10)25(21,22)23/h2-7H,15H2,1H3,(H,18,19,20)(H,21,22,23). The van der Waals surface area contributed by atoms with E-state index >= 15 is 0 Å². The molecule has 0 aliphatic carbocycles. The first kappa shape index (κ1) is 17.4. The summed E-state index contributed by atoms with van der Waals surface area (Å²) in [6, 6.07) is 7.79. The smallest absolute Gasteiger partial charge is 0.295 e. The first-order valence-corrected chi connectivity index (χ1v) is 9.70. The van der Waals surface area contributed by atoms with Crippen molar-refractivity contribution in [3.05, 3.63) is 42.1 Å². The van der Waals surface area contributed by atoms with Crippen molar-refractivity contribution in [3.8, 4) is 5.69 Å². The van der Waals surface area contributed by atoms with Crippen LogP contribution in [0.3, 0.4) is 0 Å². The lowest BCUT2D eigenvalue weighted by molar-refractivity contribution is 0.482. The van der Waals surface area contributed by atoms with Crippen LogP contribution >= 0.6 is 0 Å². The van der Waals surface area contributed by atoms with Crippen LogP contribution in [-0.4, -0.2) is 35.7 Å². The van der Waals surface area contributed by atoms with Crippen LogP contribution in [0.25, 0.3) is 16.5 Å². The Morgan fingerprint density at radius 3 is 2.20 bits per heavy atom. The minimum absolute atomic E-state index is 0.0555. The molecule has 1 heterocycles. The third kappa shape index (κ3) is 3.22. The topological polar surface area (TPSA) is 153 Å². The number of nitrogens with two attached hydrogens (primary N) is 1. The summed E-state index contributed by atoms with van der Waals surface area (Å²) < 4.78 is 66.0. The van der Waals surface area contributed by atoms with E-state index in [2.05, 4.69) is 5.10 Å². The monoisotopic (exact) mass is 383 g/mol. The summed E-state index contributed by atoms with van der Waals surface area (Å²) in [6.45, 7) is 1.73. The van der Waals surface area contributed by atoms with Gasteiger partial charge in [-0.1, -0.05) is 6.07 Å². The third-order valence-electron chi connectivity index (χ3n) is 3.55. The molecule has 0 atom stereocenters. The molecule has 4 N–H and O–H groups in total. The second-order valence-electron chi connectivity index (χ2n) is 5.40. The minimum Gasteiger partial charge on any atom is -0.384 e. The van der Waals surface area contributed by atoms with Gasteiger partial charge in [0, 0.05) is 11.5 Å². The maximum atomic E-state index is 11.7. The molecule has 0 spiro atoms. The van der Waals surface area contributed by atoms with Crippen molar-refractivity contribution in [2.75, 3.05) is 5.73 Å². The Morgan fingerprint density at radius 1 is 1.00 bits per heavy atom. The lowest BCUT2D eigenvalue weighted by Gasteiger charge is -2.10. The van der Waals surface area contributed by atoms with Gasteiger partial charge in [0.1, 0.15) is 10.7 Å². The summed E-state index contributed by atoms with van der Waals surface area (Å²) in [7, 11) is -9.41. The van der Waals surface area contributed by atoms with Crippen LogP contribution in [0.2, 0.25) is 0 Å². The average Bonchev–Trinajstić information content (AvgIpc) is 2.82. The van der Waals surface area contributed by atoms with Gasteiger partial charge in [-0.05, 0) is 36.6 Å². The van der Waals surface area contributed by atoms with Gasteiger partial charge in [-0.2, -0.15) is 21.9 Å². The summed E-state index contributed by atoms with van der Waals surface area (Å²) in [5.74, 6) is 0.319. The van der Waals surface area contributed by atoms with Gasteiger partial charge in [-0.25, -0.2) is 4.68 Å². The van der Waals surface area contributed by atoms with E-state index in [1.54, 1.807) is 19.1 Å². The molecule has 2 aromatic carbocycles. The van der Waals surface area contributed by atoms with E-state index in [1.807, 2.05) is 0 Å². The van der Waals surface area contributed by atoms with E-state index in [4.69, 9.17) is 5.73 Å². The Kier molecular flexibility index (Phi) is 3.84. The SMILES string of the molecule is Cc1cc(N)n(-c2ccc3cc(S(=O)(=O)O)cc(S(=O)(=O)O)c3c2)n1. The Balaban J connectivity index is 2.38. The number of nitrogens with zero attached hydrogens (tertiary/aromatic N) is 2. The van der Waals surface area contributed by atoms with Gasteiger partial charge >= 0.3 is 0 Å². The fourth-order valence-electron chi connectivity index (χ4n) is 2.51. The van der Waals surface area contributed by atoms with E-state index in [9.17, 15) is 25.9 Å². The largest absolute Gasteiger partial charge is 0.384 e. The maximum Gasteiger partial charge on any atom is 0.295 e. The highest BCUT2D eigenvalue weighted by atomic mass is 32.2. The fraction of sp³-hybridized carbons (Fsp3) is 0.0714. The van der Waals surface area contributed by atoms with E-state index in [0.717, 1.165) is 6.07 Å². The number of anilines is 1. The Hall–Kier alpha value is -2.47. The van der Waals surface area contributed by atoms with Crippen LogP contribution in [0.1, 0.15) is 5.69 Å². The number of benzene rings is 2. The molecule has 1 aromatic heterocycles. The predicted octanol–water partition coefficient (Wildman–Crippen LogP) is 1.41. The minimum atomic E-state index is -4.75. The van der Waals surface area contributed by atoms with Crippen LogP contribution in [0.15, 0.2) is 46.2 Å². The van der Waals surface area contributed by atoms with Gasteiger partial charge in [-0.3, -0.25) is 9.11 Å². The van der Waals surface area contributed by atoms with Crippen LogP contribution < -0.4 is 5.73 Å². The van der Waals surface area contributed by atoms with Gasteiger partial charge in [0.05, 0.1) is 16.3 Å². The van der Waals surface area contributed by atoms with Gasteiger partial charge in [-0.15, -0.1) is 0 Å². The number of hydrogen-bond acceptors (Lipinski definition) is 6. The summed E-state index contributed by atoms with van der Waals surface area (Å²) >= 11 is 0. The molecule has 11 heteroatoms.